The van der Waals surface area contributed by atoms with Crippen molar-refractivity contribution in [1.82, 2.24) is 0 Å². The maximum absolute atomic E-state index is 12.3. The molecule has 0 fully saturated rings. The van der Waals surface area contributed by atoms with Gasteiger partial charge in [0.15, 0.2) is 0 Å². The Morgan fingerprint density at radius 3 is 2.85 bits per heavy atom. The van der Waals surface area contributed by atoms with Crippen molar-refractivity contribution >= 4 is 17.7 Å². The van der Waals surface area contributed by atoms with Crippen molar-refractivity contribution in [3.63, 3.8) is 0 Å². The Bertz CT molecular complexity index is 140. The van der Waals surface area contributed by atoms with Crippen LogP contribution in [0.2, 0.25) is 0 Å². The molecular weight excluding hydrogens is 191 g/mol. The van der Waals surface area contributed by atoms with Crippen molar-refractivity contribution in [1.29, 1.82) is 0 Å². The third-order valence-corrected chi connectivity index (χ3v) is 2.43. The van der Waals surface area contributed by atoms with E-state index >= 15 is 0 Å². The van der Waals surface area contributed by atoms with Gasteiger partial charge in [0.05, 0.1) is 18.5 Å². The lowest BCUT2D eigenvalue weighted by molar-refractivity contribution is -0.139. The Kier molecular flexibility index (Phi) is 8.19. The number of hydrogen-bond acceptors (Lipinski definition) is 3. The van der Waals surface area contributed by atoms with Crippen LogP contribution in [0.15, 0.2) is 0 Å². The van der Waals surface area contributed by atoms with Gasteiger partial charge < -0.3 is 4.74 Å². The SMILES string of the molecule is CCOC(=O)CSCCCC(C)F. The number of carbonyl (C=O) groups excluding carboxylic acids is 1. The number of ether oxygens (including phenoxy) is 1. The molecular formula is C9H17FO2S. The Balaban J connectivity index is 3.11. The highest BCUT2D eigenvalue weighted by Crippen LogP contribution is 2.08. The van der Waals surface area contributed by atoms with Gasteiger partial charge in [-0.25, -0.2) is 4.39 Å². The summed E-state index contributed by atoms with van der Waals surface area (Å²) < 4.78 is 17.0. The molecule has 1 atom stereocenters. The molecule has 0 saturated heterocycles. The zero-order chi connectivity index (χ0) is 10.1. The summed E-state index contributed by atoms with van der Waals surface area (Å²) >= 11 is 1.50. The zero-order valence-electron chi connectivity index (χ0n) is 8.22. The van der Waals surface area contributed by atoms with E-state index in [0.29, 0.717) is 18.8 Å². The molecule has 0 aliphatic rings. The second-order valence-corrected chi connectivity index (χ2v) is 3.89. The number of alkyl halides is 1. The number of thioether (sulfide) groups is 1. The molecule has 13 heavy (non-hydrogen) atoms. The molecule has 4 heteroatoms. The summed E-state index contributed by atoms with van der Waals surface area (Å²) in [6.45, 7) is 3.77. The summed E-state index contributed by atoms with van der Waals surface area (Å²) in [4.78, 5) is 10.8. The lowest BCUT2D eigenvalue weighted by Crippen LogP contribution is -2.07. The Hall–Kier alpha value is -0.250. The zero-order valence-corrected chi connectivity index (χ0v) is 9.03. The predicted octanol–water partition coefficient (Wildman–Crippen LogP) is 2.42. The van der Waals surface area contributed by atoms with Crippen LogP contribution in [0.25, 0.3) is 0 Å². The summed E-state index contributed by atoms with van der Waals surface area (Å²) in [5, 5.41) is 0. The smallest absolute Gasteiger partial charge is 0.315 e. The van der Waals surface area contributed by atoms with Crippen LogP contribution >= 0.6 is 11.8 Å². The van der Waals surface area contributed by atoms with Gasteiger partial charge in [0, 0.05) is 0 Å². The topological polar surface area (TPSA) is 26.3 Å². The first kappa shape index (κ1) is 12.8. The van der Waals surface area contributed by atoms with Gasteiger partial charge in [-0.2, -0.15) is 11.8 Å². The molecule has 0 aromatic carbocycles. The van der Waals surface area contributed by atoms with E-state index in [1.54, 1.807) is 13.8 Å². The maximum atomic E-state index is 12.3. The van der Waals surface area contributed by atoms with Gasteiger partial charge in [-0.05, 0) is 32.4 Å². The van der Waals surface area contributed by atoms with Crippen LogP contribution in [-0.4, -0.2) is 30.3 Å². The molecule has 1 unspecified atom stereocenters. The molecule has 0 heterocycles. The molecule has 0 aliphatic carbocycles. The summed E-state index contributed by atoms with van der Waals surface area (Å²) in [6, 6.07) is 0. The van der Waals surface area contributed by atoms with Gasteiger partial charge >= 0.3 is 5.97 Å². The first-order chi connectivity index (χ1) is 6.16. The average molecular weight is 208 g/mol. The lowest BCUT2D eigenvalue weighted by atomic mass is 10.2. The maximum Gasteiger partial charge on any atom is 0.315 e. The van der Waals surface area contributed by atoms with E-state index in [4.69, 9.17) is 4.74 Å². The predicted molar refractivity (Wildman–Crippen MR) is 53.8 cm³/mol. The van der Waals surface area contributed by atoms with Crippen molar-refractivity contribution in [2.75, 3.05) is 18.1 Å². The lowest BCUT2D eigenvalue weighted by Gasteiger charge is -2.02. The molecule has 0 radical (unpaired) electrons. The minimum atomic E-state index is -0.733. The fourth-order valence-electron chi connectivity index (χ4n) is 0.825. The number of rotatable bonds is 7. The average Bonchev–Trinajstić information content (AvgIpc) is 2.03. The van der Waals surface area contributed by atoms with Crippen molar-refractivity contribution in [2.24, 2.45) is 0 Å². The molecule has 0 saturated carbocycles. The largest absolute Gasteiger partial charge is 0.465 e. The van der Waals surface area contributed by atoms with Crippen LogP contribution in [-0.2, 0) is 9.53 Å². The van der Waals surface area contributed by atoms with E-state index in [-0.39, 0.29) is 5.97 Å². The summed E-state index contributed by atoms with van der Waals surface area (Å²) in [5.41, 5.74) is 0. The molecule has 2 nitrogen and oxygen atoms in total. The minimum absolute atomic E-state index is 0.180. The number of hydrogen-bond donors (Lipinski definition) is 0. The quantitative estimate of drug-likeness (QED) is 0.475. The van der Waals surface area contributed by atoms with Gasteiger partial charge in [-0.15, -0.1) is 0 Å². The van der Waals surface area contributed by atoms with Gasteiger partial charge in [0.2, 0.25) is 0 Å². The van der Waals surface area contributed by atoms with Crippen molar-refractivity contribution < 1.29 is 13.9 Å². The van der Waals surface area contributed by atoms with Gasteiger partial charge in [-0.1, -0.05) is 0 Å². The highest BCUT2D eigenvalue weighted by atomic mass is 32.2. The Labute approximate surface area is 83.2 Å². The summed E-state index contributed by atoms with van der Waals surface area (Å²) in [7, 11) is 0. The van der Waals surface area contributed by atoms with Crippen LogP contribution in [0, 0.1) is 0 Å². The molecule has 0 bridgehead atoms. The van der Waals surface area contributed by atoms with Gasteiger partial charge in [0.25, 0.3) is 0 Å². The molecule has 0 spiro atoms. The van der Waals surface area contributed by atoms with Crippen LogP contribution in [0.5, 0.6) is 0 Å². The van der Waals surface area contributed by atoms with Crippen LogP contribution in [0.3, 0.4) is 0 Å². The fraction of sp³-hybridized carbons (Fsp3) is 0.889. The van der Waals surface area contributed by atoms with E-state index < -0.39 is 6.17 Å². The van der Waals surface area contributed by atoms with Crippen LogP contribution in [0.4, 0.5) is 4.39 Å². The van der Waals surface area contributed by atoms with E-state index in [0.717, 1.165) is 12.2 Å². The molecule has 0 rings (SSSR count). The van der Waals surface area contributed by atoms with Crippen molar-refractivity contribution in [3.05, 3.63) is 0 Å². The third kappa shape index (κ3) is 9.67. The number of halogens is 1. The fourth-order valence-corrected chi connectivity index (χ4v) is 1.59. The normalized spacial score (nSPS) is 12.5. The molecule has 0 amide bonds. The van der Waals surface area contributed by atoms with Gasteiger partial charge in [0.1, 0.15) is 0 Å². The second kappa shape index (κ2) is 8.35. The van der Waals surface area contributed by atoms with Crippen molar-refractivity contribution in [2.45, 2.75) is 32.9 Å². The number of carbonyl (C=O) groups is 1. The highest BCUT2D eigenvalue weighted by Gasteiger charge is 2.02. The first-order valence-electron chi connectivity index (χ1n) is 4.54. The van der Waals surface area contributed by atoms with Gasteiger partial charge in [-0.3, -0.25) is 4.79 Å². The highest BCUT2D eigenvalue weighted by molar-refractivity contribution is 7.99. The Morgan fingerprint density at radius 1 is 1.62 bits per heavy atom. The minimum Gasteiger partial charge on any atom is -0.465 e. The molecule has 0 aromatic heterocycles. The van der Waals surface area contributed by atoms with E-state index in [1.165, 1.54) is 11.8 Å². The standard InChI is InChI=1S/C9H17FO2S/c1-3-12-9(11)7-13-6-4-5-8(2)10/h8H,3-7H2,1-2H3. The van der Waals surface area contributed by atoms with E-state index in [1.807, 2.05) is 0 Å². The Morgan fingerprint density at radius 2 is 2.31 bits per heavy atom. The third-order valence-electron chi connectivity index (χ3n) is 1.42. The van der Waals surface area contributed by atoms with Crippen LogP contribution < -0.4 is 0 Å². The van der Waals surface area contributed by atoms with E-state index in [9.17, 15) is 9.18 Å². The monoisotopic (exact) mass is 208 g/mol. The molecule has 0 aliphatic heterocycles. The summed E-state index contributed by atoms with van der Waals surface area (Å²) in [5.74, 6) is 1.03. The van der Waals surface area contributed by atoms with Crippen molar-refractivity contribution in [3.8, 4) is 0 Å². The first-order valence-corrected chi connectivity index (χ1v) is 5.69. The molecule has 0 N–H and O–H groups in total. The summed E-state index contributed by atoms with van der Waals surface area (Å²) in [6.07, 6.45) is 0.667. The van der Waals surface area contributed by atoms with E-state index in [2.05, 4.69) is 0 Å². The second-order valence-electron chi connectivity index (χ2n) is 2.78. The van der Waals surface area contributed by atoms with Crippen LogP contribution in [0.1, 0.15) is 26.7 Å². The number of esters is 1. The molecule has 0 aromatic rings. The molecule has 78 valence electrons.